The molecular weight excluding hydrogens is 230 g/mol. The summed E-state index contributed by atoms with van der Waals surface area (Å²) in [7, 11) is 1.98. The van der Waals surface area contributed by atoms with Crippen LogP contribution in [0.1, 0.15) is 5.56 Å². The molecule has 0 spiro atoms. The molecule has 1 heterocycles. The molecule has 0 radical (unpaired) electrons. The lowest BCUT2D eigenvalue weighted by Crippen LogP contribution is -1.82. The molecule has 2 rings (SSSR count). The van der Waals surface area contributed by atoms with Crippen LogP contribution >= 0.6 is 15.9 Å². The van der Waals surface area contributed by atoms with E-state index in [-0.39, 0.29) is 6.61 Å². The molecule has 0 unspecified atom stereocenters. The molecule has 0 amide bonds. The number of fused-ring (bicyclic) bond motifs is 1. The molecule has 68 valence electrons. The first-order valence-electron chi connectivity index (χ1n) is 4.07. The van der Waals surface area contributed by atoms with Crippen LogP contribution in [-0.4, -0.2) is 9.67 Å². The lowest BCUT2D eigenvalue weighted by Gasteiger charge is -1.97. The predicted octanol–water partition coefficient (Wildman–Crippen LogP) is 2.43. The average Bonchev–Trinajstić information content (AvgIpc) is 2.45. The molecule has 2 nitrogen and oxygen atoms in total. The topological polar surface area (TPSA) is 25.2 Å². The molecule has 0 bridgehead atoms. The summed E-state index contributed by atoms with van der Waals surface area (Å²) in [6.45, 7) is 0.0833. The van der Waals surface area contributed by atoms with Crippen molar-refractivity contribution in [3.63, 3.8) is 0 Å². The Bertz CT molecular complexity index is 447. The smallest absolute Gasteiger partial charge is 0.0703 e. The summed E-state index contributed by atoms with van der Waals surface area (Å²) in [6, 6.07) is 6.02. The highest BCUT2D eigenvalue weighted by molar-refractivity contribution is 9.10. The second-order valence-corrected chi connectivity index (χ2v) is 3.91. The predicted molar refractivity (Wildman–Crippen MR) is 56.5 cm³/mol. The number of aliphatic hydroxyl groups excluding tert-OH is 1. The molecule has 0 fully saturated rings. The third-order valence-electron chi connectivity index (χ3n) is 2.21. The van der Waals surface area contributed by atoms with Crippen molar-refractivity contribution in [3.05, 3.63) is 34.4 Å². The van der Waals surface area contributed by atoms with Crippen LogP contribution in [0.15, 0.2) is 28.9 Å². The highest BCUT2D eigenvalue weighted by Crippen LogP contribution is 2.28. The molecule has 1 aromatic carbocycles. The first kappa shape index (κ1) is 8.78. The van der Waals surface area contributed by atoms with Crippen LogP contribution in [0.25, 0.3) is 10.9 Å². The van der Waals surface area contributed by atoms with Gasteiger partial charge in [-0.25, -0.2) is 0 Å². The molecular formula is C10H10BrNO. The number of hydrogen-bond acceptors (Lipinski definition) is 1. The van der Waals surface area contributed by atoms with Crippen molar-refractivity contribution in [2.75, 3.05) is 0 Å². The van der Waals surface area contributed by atoms with Gasteiger partial charge in [0.25, 0.3) is 0 Å². The molecule has 3 heteroatoms. The maximum absolute atomic E-state index is 9.14. The Hall–Kier alpha value is -0.800. The van der Waals surface area contributed by atoms with E-state index in [0.717, 1.165) is 20.9 Å². The van der Waals surface area contributed by atoms with E-state index in [1.807, 2.05) is 36.0 Å². The van der Waals surface area contributed by atoms with Crippen LogP contribution in [0.2, 0.25) is 0 Å². The first-order valence-corrected chi connectivity index (χ1v) is 4.86. The van der Waals surface area contributed by atoms with Crippen molar-refractivity contribution in [2.45, 2.75) is 6.61 Å². The lowest BCUT2D eigenvalue weighted by atomic mass is 10.2. The maximum atomic E-state index is 9.14. The fourth-order valence-electron chi connectivity index (χ4n) is 1.61. The quantitative estimate of drug-likeness (QED) is 0.813. The first-order chi connectivity index (χ1) is 6.24. The van der Waals surface area contributed by atoms with Crippen LogP contribution < -0.4 is 0 Å². The van der Waals surface area contributed by atoms with Crippen molar-refractivity contribution >= 4 is 26.8 Å². The Balaban J connectivity index is 2.89. The van der Waals surface area contributed by atoms with E-state index in [9.17, 15) is 0 Å². The molecule has 0 saturated heterocycles. The number of nitrogens with zero attached hydrogens (tertiary/aromatic N) is 1. The molecule has 0 aliphatic heterocycles. The summed E-state index contributed by atoms with van der Waals surface area (Å²) in [5, 5.41) is 10.2. The largest absolute Gasteiger partial charge is 0.392 e. The SMILES string of the molecule is Cn1cc(CO)c2c(Br)cccc21. The fraction of sp³-hybridized carbons (Fsp3) is 0.200. The second-order valence-electron chi connectivity index (χ2n) is 3.06. The average molecular weight is 240 g/mol. The van der Waals surface area contributed by atoms with Crippen molar-refractivity contribution in [1.29, 1.82) is 0 Å². The van der Waals surface area contributed by atoms with Crippen LogP contribution in [-0.2, 0) is 13.7 Å². The highest BCUT2D eigenvalue weighted by Gasteiger charge is 2.07. The Kier molecular flexibility index (Phi) is 2.14. The van der Waals surface area contributed by atoms with E-state index < -0.39 is 0 Å². The van der Waals surface area contributed by atoms with E-state index in [0.29, 0.717) is 0 Å². The number of aliphatic hydroxyl groups is 1. The van der Waals surface area contributed by atoms with Gasteiger partial charge in [0.05, 0.1) is 6.61 Å². The van der Waals surface area contributed by atoms with Crippen molar-refractivity contribution in [2.24, 2.45) is 7.05 Å². The summed E-state index contributed by atoms with van der Waals surface area (Å²) in [5.41, 5.74) is 2.10. The van der Waals surface area contributed by atoms with Gasteiger partial charge in [-0.2, -0.15) is 0 Å². The lowest BCUT2D eigenvalue weighted by molar-refractivity contribution is 0.283. The molecule has 1 aromatic heterocycles. The van der Waals surface area contributed by atoms with Crippen LogP contribution in [0, 0.1) is 0 Å². The van der Waals surface area contributed by atoms with Gasteiger partial charge < -0.3 is 9.67 Å². The third kappa shape index (κ3) is 1.28. The Morgan fingerprint density at radius 1 is 1.46 bits per heavy atom. The number of hydrogen-bond donors (Lipinski definition) is 1. The number of rotatable bonds is 1. The second kappa shape index (κ2) is 3.16. The van der Waals surface area contributed by atoms with E-state index >= 15 is 0 Å². The number of halogens is 1. The van der Waals surface area contributed by atoms with Gasteiger partial charge in [-0.1, -0.05) is 22.0 Å². The standard InChI is InChI=1S/C10H10BrNO/c1-12-5-7(6-13)10-8(11)3-2-4-9(10)12/h2-5,13H,6H2,1H3. The van der Waals surface area contributed by atoms with Crippen LogP contribution in [0.5, 0.6) is 0 Å². The number of benzene rings is 1. The van der Waals surface area contributed by atoms with Gasteiger partial charge in [0, 0.05) is 34.2 Å². The van der Waals surface area contributed by atoms with E-state index in [1.54, 1.807) is 0 Å². The van der Waals surface area contributed by atoms with Gasteiger partial charge in [0.1, 0.15) is 0 Å². The third-order valence-corrected chi connectivity index (χ3v) is 2.87. The Morgan fingerprint density at radius 3 is 2.92 bits per heavy atom. The van der Waals surface area contributed by atoms with Crippen molar-refractivity contribution in [1.82, 2.24) is 4.57 Å². The number of aryl methyl sites for hydroxylation is 1. The number of aromatic nitrogens is 1. The minimum atomic E-state index is 0.0833. The molecule has 2 aromatic rings. The molecule has 13 heavy (non-hydrogen) atoms. The summed E-state index contributed by atoms with van der Waals surface area (Å²) in [6.07, 6.45) is 1.95. The van der Waals surface area contributed by atoms with Gasteiger partial charge in [0.2, 0.25) is 0 Å². The van der Waals surface area contributed by atoms with Crippen molar-refractivity contribution < 1.29 is 5.11 Å². The molecule has 1 N–H and O–H groups in total. The summed E-state index contributed by atoms with van der Waals surface area (Å²) in [4.78, 5) is 0. The van der Waals surface area contributed by atoms with E-state index in [1.165, 1.54) is 0 Å². The summed E-state index contributed by atoms with van der Waals surface area (Å²) in [5.74, 6) is 0. The van der Waals surface area contributed by atoms with Gasteiger partial charge in [-0.15, -0.1) is 0 Å². The molecule has 0 atom stereocenters. The van der Waals surface area contributed by atoms with E-state index in [2.05, 4.69) is 15.9 Å². The molecule has 0 aliphatic rings. The molecule has 0 aliphatic carbocycles. The Morgan fingerprint density at radius 2 is 2.23 bits per heavy atom. The van der Waals surface area contributed by atoms with Crippen LogP contribution in [0.3, 0.4) is 0 Å². The minimum absolute atomic E-state index is 0.0833. The summed E-state index contributed by atoms with van der Waals surface area (Å²) < 4.78 is 3.06. The fourth-order valence-corrected chi connectivity index (χ4v) is 2.22. The Labute approximate surface area is 84.9 Å². The zero-order chi connectivity index (χ0) is 9.42. The normalized spacial score (nSPS) is 11.0. The molecule has 0 saturated carbocycles. The van der Waals surface area contributed by atoms with Gasteiger partial charge >= 0.3 is 0 Å². The monoisotopic (exact) mass is 239 g/mol. The zero-order valence-corrected chi connectivity index (χ0v) is 8.87. The zero-order valence-electron chi connectivity index (χ0n) is 7.29. The van der Waals surface area contributed by atoms with Gasteiger partial charge in [0.15, 0.2) is 0 Å². The maximum Gasteiger partial charge on any atom is 0.0703 e. The van der Waals surface area contributed by atoms with Gasteiger partial charge in [-0.05, 0) is 12.1 Å². The minimum Gasteiger partial charge on any atom is -0.392 e. The van der Waals surface area contributed by atoms with Gasteiger partial charge in [-0.3, -0.25) is 0 Å². The summed E-state index contributed by atoms with van der Waals surface area (Å²) >= 11 is 3.48. The highest BCUT2D eigenvalue weighted by atomic mass is 79.9. The van der Waals surface area contributed by atoms with Crippen molar-refractivity contribution in [3.8, 4) is 0 Å². The van der Waals surface area contributed by atoms with E-state index in [4.69, 9.17) is 5.11 Å². The van der Waals surface area contributed by atoms with Crippen LogP contribution in [0.4, 0.5) is 0 Å².